The summed E-state index contributed by atoms with van der Waals surface area (Å²) in [6, 6.07) is -0.207. The molecule has 2 aromatic rings. The molecule has 112 valence electrons. The fraction of sp³-hybridized carbons (Fsp3) is 0.571. The third kappa shape index (κ3) is 2.55. The van der Waals surface area contributed by atoms with Gasteiger partial charge in [-0.15, -0.1) is 0 Å². The minimum absolute atomic E-state index is 0.00182. The Morgan fingerprint density at radius 3 is 2.86 bits per heavy atom. The molecule has 0 bridgehead atoms. The van der Waals surface area contributed by atoms with E-state index in [2.05, 4.69) is 20.3 Å². The highest BCUT2D eigenvalue weighted by molar-refractivity contribution is 5.86. The van der Waals surface area contributed by atoms with Gasteiger partial charge in [-0.2, -0.15) is 0 Å². The number of imidazole rings is 1. The Bertz CT molecular complexity index is 664. The van der Waals surface area contributed by atoms with Crippen LogP contribution in [0.15, 0.2) is 12.7 Å². The Morgan fingerprint density at radius 1 is 1.48 bits per heavy atom. The van der Waals surface area contributed by atoms with Gasteiger partial charge in [0.25, 0.3) is 0 Å². The molecule has 7 nitrogen and oxygen atoms in total. The third-order valence-electron chi connectivity index (χ3n) is 4.07. The van der Waals surface area contributed by atoms with Crippen molar-refractivity contribution in [2.24, 2.45) is 5.92 Å². The van der Waals surface area contributed by atoms with Crippen LogP contribution in [0.2, 0.25) is 0 Å². The quantitative estimate of drug-likeness (QED) is 0.845. The van der Waals surface area contributed by atoms with E-state index >= 15 is 0 Å². The van der Waals surface area contributed by atoms with Crippen LogP contribution in [-0.2, 0) is 4.79 Å². The zero-order valence-corrected chi connectivity index (χ0v) is 12.2. The largest absolute Gasteiger partial charge is 0.480 e. The maximum Gasteiger partial charge on any atom is 0.326 e. The predicted molar refractivity (Wildman–Crippen MR) is 78.1 cm³/mol. The molecular weight excluding hydrogens is 270 g/mol. The lowest BCUT2D eigenvalue weighted by molar-refractivity contribution is -0.139. The van der Waals surface area contributed by atoms with E-state index in [-0.39, 0.29) is 5.92 Å². The highest BCUT2D eigenvalue weighted by Gasteiger charge is 2.28. The summed E-state index contributed by atoms with van der Waals surface area (Å²) in [6.45, 7) is 3.88. The standard InChI is InChI=1S/C14H19N5O2/c1-3-8(2)10(14(20)21)18-12-11-13(16-6-15-12)19(7-17-11)9-4-5-9/h6-10H,3-5H2,1-2H3,(H,20,21)(H,15,16,18)/t8-,10-/m0/s1. The van der Waals surface area contributed by atoms with E-state index < -0.39 is 12.0 Å². The third-order valence-corrected chi connectivity index (χ3v) is 4.07. The first-order chi connectivity index (χ1) is 10.1. The first kappa shape index (κ1) is 13.8. The molecule has 3 rings (SSSR count). The van der Waals surface area contributed by atoms with Gasteiger partial charge in [-0.3, -0.25) is 0 Å². The van der Waals surface area contributed by atoms with Crippen LogP contribution in [0.5, 0.6) is 0 Å². The number of hydrogen-bond acceptors (Lipinski definition) is 5. The average molecular weight is 289 g/mol. The maximum atomic E-state index is 11.4. The molecule has 2 heterocycles. The first-order valence-corrected chi connectivity index (χ1v) is 7.28. The van der Waals surface area contributed by atoms with Crippen LogP contribution in [0.1, 0.15) is 39.2 Å². The monoisotopic (exact) mass is 289 g/mol. The molecule has 0 aliphatic heterocycles. The molecule has 2 aromatic heterocycles. The summed E-state index contributed by atoms with van der Waals surface area (Å²) in [6.07, 6.45) is 6.28. The Labute approximate surface area is 122 Å². The molecule has 0 amide bonds. The van der Waals surface area contributed by atoms with Gasteiger partial charge in [0.2, 0.25) is 0 Å². The molecule has 0 saturated heterocycles. The number of nitrogens with one attached hydrogen (secondary N) is 1. The molecule has 1 saturated carbocycles. The zero-order chi connectivity index (χ0) is 15.0. The van der Waals surface area contributed by atoms with Crippen molar-refractivity contribution >= 4 is 23.0 Å². The van der Waals surface area contributed by atoms with Gasteiger partial charge in [-0.05, 0) is 18.8 Å². The second-order valence-corrected chi connectivity index (χ2v) is 5.62. The maximum absolute atomic E-state index is 11.4. The fourth-order valence-electron chi connectivity index (χ4n) is 2.41. The van der Waals surface area contributed by atoms with Crippen LogP contribution in [0, 0.1) is 5.92 Å². The van der Waals surface area contributed by atoms with Crippen molar-refractivity contribution in [1.82, 2.24) is 19.5 Å². The van der Waals surface area contributed by atoms with Crippen LogP contribution in [0.4, 0.5) is 5.82 Å². The molecule has 0 aromatic carbocycles. The predicted octanol–water partition coefficient (Wildman–Crippen LogP) is 2.07. The van der Waals surface area contributed by atoms with E-state index in [9.17, 15) is 9.90 Å². The van der Waals surface area contributed by atoms with Gasteiger partial charge in [-0.25, -0.2) is 19.7 Å². The average Bonchev–Trinajstić information content (AvgIpc) is 3.23. The molecule has 1 fully saturated rings. The summed E-state index contributed by atoms with van der Waals surface area (Å²) in [5.41, 5.74) is 1.40. The smallest absolute Gasteiger partial charge is 0.326 e. The number of anilines is 1. The summed E-state index contributed by atoms with van der Waals surface area (Å²) in [5.74, 6) is -0.386. The van der Waals surface area contributed by atoms with Crippen molar-refractivity contribution in [3.63, 3.8) is 0 Å². The van der Waals surface area contributed by atoms with Crippen LogP contribution in [-0.4, -0.2) is 36.6 Å². The summed E-state index contributed by atoms with van der Waals surface area (Å²) < 4.78 is 2.04. The van der Waals surface area contributed by atoms with Gasteiger partial charge >= 0.3 is 5.97 Å². The number of aromatic nitrogens is 4. The molecule has 2 atom stereocenters. The first-order valence-electron chi connectivity index (χ1n) is 7.28. The Balaban J connectivity index is 1.94. The van der Waals surface area contributed by atoms with E-state index in [1.807, 2.05) is 18.4 Å². The summed E-state index contributed by atoms with van der Waals surface area (Å²) in [5, 5.41) is 12.4. The van der Waals surface area contributed by atoms with Gasteiger partial charge in [0.05, 0.1) is 6.33 Å². The number of carboxylic acid groups (broad SMARTS) is 1. The topological polar surface area (TPSA) is 92.9 Å². The van der Waals surface area contributed by atoms with E-state index in [1.54, 1.807) is 6.33 Å². The lowest BCUT2D eigenvalue weighted by atomic mass is 9.99. The summed E-state index contributed by atoms with van der Waals surface area (Å²) in [4.78, 5) is 24.3. The fourth-order valence-corrected chi connectivity index (χ4v) is 2.41. The van der Waals surface area contributed by atoms with Crippen LogP contribution >= 0.6 is 0 Å². The zero-order valence-electron chi connectivity index (χ0n) is 12.2. The number of carbonyl (C=O) groups is 1. The molecule has 0 radical (unpaired) electrons. The number of fused-ring (bicyclic) bond motifs is 1. The summed E-state index contributed by atoms with van der Waals surface area (Å²) in [7, 11) is 0. The molecule has 7 heteroatoms. The Hall–Kier alpha value is -2.18. The number of aliphatic carboxylic acids is 1. The minimum Gasteiger partial charge on any atom is -0.480 e. The number of hydrogen-bond donors (Lipinski definition) is 2. The van der Waals surface area contributed by atoms with Crippen LogP contribution in [0.3, 0.4) is 0 Å². The van der Waals surface area contributed by atoms with E-state index in [0.29, 0.717) is 17.4 Å². The number of nitrogens with zero attached hydrogens (tertiary/aromatic N) is 4. The van der Waals surface area contributed by atoms with E-state index in [0.717, 1.165) is 24.9 Å². The second kappa shape index (κ2) is 5.31. The number of rotatable bonds is 6. The second-order valence-electron chi connectivity index (χ2n) is 5.62. The van der Waals surface area contributed by atoms with Gasteiger partial charge in [0.1, 0.15) is 17.9 Å². The van der Waals surface area contributed by atoms with Gasteiger partial charge in [0.15, 0.2) is 11.5 Å². The summed E-state index contributed by atoms with van der Waals surface area (Å²) >= 11 is 0. The SMILES string of the molecule is CC[C@H](C)[C@H](Nc1ncnc2c1ncn2C1CC1)C(=O)O. The van der Waals surface area contributed by atoms with Crippen LogP contribution < -0.4 is 5.32 Å². The van der Waals surface area contributed by atoms with Crippen molar-refractivity contribution in [1.29, 1.82) is 0 Å². The molecule has 21 heavy (non-hydrogen) atoms. The lowest BCUT2D eigenvalue weighted by Crippen LogP contribution is -2.35. The van der Waals surface area contributed by atoms with Crippen molar-refractivity contribution in [2.45, 2.75) is 45.2 Å². The van der Waals surface area contributed by atoms with Gasteiger partial charge in [-0.1, -0.05) is 20.3 Å². The normalized spacial score (nSPS) is 17.6. The Morgan fingerprint density at radius 2 is 2.24 bits per heavy atom. The highest BCUT2D eigenvalue weighted by Crippen LogP contribution is 2.37. The molecule has 1 aliphatic rings. The molecule has 0 spiro atoms. The van der Waals surface area contributed by atoms with Crippen molar-refractivity contribution < 1.29 is 9.90 Å². The van der Waals surface area contributed by atoms with E-state index in [4.69, 9.17) is 0 Å². The van der Waals surface area contributed by atoms with Gasteiger partial charge < -0.3 is 15.0 Å². The highest BCUT2D eigenvalue weighted by atomic mass is 16.4. The molecular formula is C14H19N5O2. The molecule has 2 N–H and O–H groups in total. The van der Waals surface area contributed by atoms with Gasteiger partial charge in [0, 0.05) is 6.04 Å². The number of carboxylic acids is 1. The van der Waals surface area contributed by atoms with Crippen molar-refractivity contribution in [2.75, 3.05) is 5.32 Å². The van der Waals surface area contributed by atoms with Crippen molar-refractivity contribution in [3.8, 4) is 0 Å². The van der Waals surface area contributed by atoms with Crippen LogP contribution in [0.25, 0.3) is 11.2 Å². The van der Waals surface area contributed by atoms with E-state index in [1.165, 1.54) is 6.33 Å². The molecule has 1 aliphatic carbocycles. The Kier molecular flexibility index (Phi) is 3.48. The minimum atomic E-state index is -0.877. The lowest BCUT2D eigenvalue weighted by Gasteiger charge is -2.20. The van der Waals surface area contributed by atoms with Crippen molar-refractivity contribution in [3.05, 3.63) is 12.7 Å². The molecule has 0 unspecified atom stereocenters.